The van der Waals surface area contributed by atoms with Crippen molar-refractivity contribution in [1.82, 2.24) is 4.83 Å². The minimum atomic E-state index is -3.62. The third-order valence-corrected chi connectivity index (χ3v) is 6.00. The summed E-state index contributed by atoms with van der Waals surface area (Å²) in [6, 6.07) is 6.71. The van der Waals surface area contributed by atoms with Crippen LogP contribution in [0.2, 0.25) is 0 Å². The number of aryl methyl sites for hydroxylation is 1. The van der Waals surface area contributed by atoms with Crippen molar-refractivity contribution in [2.45, 2.75) is 11.8 Å². The predicted molar refractivity (Wildman–Crippen MR) is 90.3 cm³/mol. The number of hydrazone groups is 1. The monoisotopic (exact) mass is 326 g/mol. The molecule has 118 valence electrons. The molecule has 4 nitrogen and oxygen atoms in total. The number of sulfonamides is 1. The van der Waals surface area contributed by atoms with Gasteiger partial charge in [-0.25, -0.2) is 4.83 Å². The van der Waals surface area contributed by atoms with E-state index in [0.717, 1.165) is 11.1 Å². The van der Waals surface area contributed by atoms with Gasteiger partial charge in [0.2, 0.25) is 0 Å². The number of rotatable bonds is 4. The Morgan fingerprint density at radius 2 is 1.65 bits per heavy atom. The Hall–Kier alpha value is -2.14. The van der Waals surface area contributed by atoms with Crippen molar-refractivity contribution in [3.8, 4) is 0 Å². The molecule has 2 unspecified atom stereocenters. The van der Waals surface area contributed by atoms with Gasteiger partial charge in [-0.05, 0) is 42.4 Å². The number of nitrogens with zero attached hydrogens (tertiary/aromatic N) is 1. The highest BCUT2D eigenvalue weighted by Crippen LogP contribution is 2.53. The topological polar surface area (TPSA) is 58.5 Å². The van der Waals surface area contributed by atoms with Gasteiger partial charge < -0.3 is 0 Å². The molecule has 4 aliphatic carbocycles. The van der Waals surface area contributed by atoms with Crippen LogP contribution >= 0.6 is 0 Å². The van der Waals surface area contributed by atoms with Crippen LogP contribution in [0, 0.1) is 30.6 Å². The molecule has 1 N–H and O–H groups in total. The van der Waals surface area contributed by atoms with E-state index in [4.69, 9.17) is 0 Å². The maximum absolute atomic E-state index is 12.2. The van der Waals surface area contributed by atoms with Gasteiger partial charge >= 0.3 is 0 Å². The Morgan fingerprint density at radius 3 is 2.30 bits per heavy atom. The summed E-state index contributed by atoms with van der Waals surface area (Å²) < 4.78 is 24.4. The minimum absolute atomic E-state index is 0.197. The molecule has 0 aromatic heterocycles. The Balaban J connectivity index is 1.51. The SMILES string of the molecule is Cc1ccc(S(=O)(=O)N/N=C\C2=CC3[C@H]4C=CC2C=C[C@@H]34)cc1. The zero-order chi connectivity index (χ0) is 16.0. The van der Waals surface area contributed by atoms with Crippen molar-refractivity contribution in [1.29, 1.82) is 0 Å². The largest absolute Gasteiger partial charge is 0.276 e. The van der Waals surface area contributed by atoms with E-state index in [1.54, 1.807) is 30.5 Å². The standard InChI is InChI=1S/C18H18N2O2S/c1-12-2-6-15(7-3-12)23(21,22)20-19-11-14-10-18-16-8-4-13(14)5-9-17(16)18/h2-11,13,16-18,20H,1H3/b19-11-/t13?,16-,17+,18?. The molecule has 23 heavy (non-hydrogen) atoms. The van der Waals surface area contributed by atoms with E-state index in [-0.39, 0.29) is 10.8 Å². The summed E-state index contributed by atoms with van der Waals surface area (Å²) in [4.78, 5) is 2.52. The Morgan fingerprint density at radius 1 is 1.00 bits per heavy atom. The first-order chi connectivity index (χ1) is 11.0. The fourth-order valence-electron chi connectivity index (χ4n) is 3.31. The van der Waals surface area contributed by atoms with Crippen molar-refractivity contribution in [2.75, 3.05) is 0 Å². The van der Waals surface area contributed by atoms with Crippen LogP contribution in [-0.4, -0.2) is 14.6 Å². The molecule has 1 saturated carbocycles. The molecule has 4 aliphatic rings. The second-order valence-electron chi connectivity index (χ2n) is 6.36. The number of allylic oxidation sites excluding steroid dienone is 6. The molecule has 1 fully saturated rings. The van der Waals surface area contributed by atoms with Crippen molar-refractivity contribution < 1.29 is 8.42 Å². The first kappa shape index (κ1) is 14.5. The summed E-state index contributed by atoms with van der Waals surface area (Å²) >= 11 is 0. The minimum Gasteiger partial charge on any atom is -0.200 e. The summed E-state index contributed by atoms with van der Waals surface area (Å²) in [6.45, 7) is 1.92. The lowest BCUT2D eigenvalue weighted by Crippen LogP contribution is -2.18. The molecule has 5 heteroatoms. The van der Waals surface area contributed by atoms with Gasteiger partial charge in [0.25, 0.3) is 10.0 Å². The first-order valence-corrected chi connectivity index (χ1v) is 9.23. The highest BCUT2D eigenvalue weighted by atomic mass is 32.2. The highest BCUT2D eigenvalue weighted by Gasteiger charge is 2.47. The molecule has 0 heterocycles. The second kappa shape index (κ2) is 5.20. The zero-order valence-electron chi connectivity index (χ0n) is 12.8. The molecule has 0 saturated heterocycles. The fraction of sp³-hybridized carbons (Fsp3) is 0.278. The lowest BCUT2D eigenvalue weighted by molar-refractivity contribution is 0.584. The molecule has 0 amide bonds. The van der Waals surface area contributed by atoms with Gasteiger partial charge in [-0.2, -0.15) is 13.5 Å². The summed E-state index contributed by atoms with van der Waals surface area (Å²) in [6.07, 6.45) is 12.8. The van der Waals surface area contributed by atoms with Crippen LogP contribution in [0.1, 0.15) is 5.56 Å². The van der Waals surface area contributed by atoms with Crippen molar-refractivity contribution >= 4 is 16.2 Å². The summed E-state index contributed by atoms with van der Waals surface area (Å²) in [5.41, 5.74) is 2.07. The van der Waals surface area contributed by atoms with E-state index in [1.807, 2.05) is 6.92 Å². The van der Waals surface area contributed by atoms with E-state index >= 15 is 0 Å². The lowest BCUT2D eigenvalue weighted by atomic mass is 10.0. The molecule has 1 aromatic rings. The summed E-state index contributed by atoms with van der Waals surface area (Å²) in [5.74, 6) is 1.98. The quantitative estimate of drug-likeness (QED) is 0.525. The third kappa shape index (κ3) is 2.65. The average Bonchev–Trinajstić information content (AvgIpc) is 3.25. The van der Waals surface area contributed by atoms with E-state index in [9.17, 15) is 8.42 Å². The normalized spacial score (nSPS) is 30.9. The van der Waals surface area contributed by atoms with Gasteiger partial charge in [0.05, 0.1) is 11.1 Å². The third-order valence-electron chi connectivity index (χ3n) is 4.76. The van der Waals surface area contributed by atoms with Gasteiger partial charge in [0.1, 0.15) is 0 Å². The lowest BCUT2D eigenvalue weighted by Gasteiger charge is -2.07. The van der Waals surface area contributed by atoms with Crippen molar-refractivity contribution in [2.24, 2.45) is 28.8 Å². The maximum Gasteiger partial charge on any atom is 0.276 e. The van der Waals surface area contributed by atoms with Crippen LogP contribution in [-0.2, 0) is 10.0 Å². The highest BCUT2D eigenvalue weighted by molar-refractivity contribution is 7.89. The Kier molecular flexibility index (Phi) is 3.27. The molecule has 0 spiro atoms. The fourth-order valence-corrected chi connectivity index (χ4v) is 4.10. The predicted octanol–water partition coefficient (Wildman–Crippen LogP) is 2.80. The van der Waals surface area contributed by atoms with Crippen molar-refractivity contribution in [3.05, 3.63) is 65.8 Å². The number of benzene rings is 1. The van der Waals surface area contributed by atoms with E-state index in [0.29, 0.717) is 17.8 Å². The number of hydrogen-bond donors (Lipinski definition) is 1. The van der Waals surface area contributed by atoms with E-state index in [1.165, 1.54) is 0 Å². The Bertz CT molecular complexity index is 828. The van der Waals surface area contributed by atoms with Crippen LogP contribution in [0.25, 0.3) is 0 Å². The zero-order valence-corrected chi connectivity index (χ0v) is 13.6. The molecule has 0 radical (unpaired) electrons. The molecule has 0 aliphatic heterocycles. The van der Waals surface area contributed by atoms with Gasteiger partial charge in [-0.1, -0.05) is 48.1 Å². The van der Waals surface area contributed by atoms with Gasteiger partial charge in [0.15, 0.2) is 0 Å². The van der Waals surface area contributed by atoms with Crippen molar-refractivity contribution in [3.63, 3.8) is 0 Å². The molecule has 4 bridgehead atoms. The number of hydrogen-bond acceptors (Lipinski definition) is 3. The molecular formula is C18H18N2O2S. The van der Waals surface area contributed by atoms with Crippen LogP contribution in [0.15, 0.2) is 70.2 Å². The van der Waals surface area contributed by atoms with Crippen LogP contribution in [0.3, 0.4) is 0 Å². The van der Waals surface area contributed by atoms with Gasteiger partial charge in [-0.3, -0.25) is 0 Å². The average molecular weight is 326 g/mol. The van der Waals surface area contributed by atoms with Gasteiger partial charge in [0, 0.05) is 5.92 Å². The van der Waals surface area contributed by atoms with Crippen LogP contribution in [0.5, 0.6) is 0 Å². The molecule has 5 rings (SSSR count). The van der Waals surface area contributed by atoms with E-state index in [2.05, 4.69) is 40.3 Å². The molecular weight excluding hydrogens is 308 g/mol. The smallest absolute Gasteiger partial charge is 0.200 e. The number of nitrogens with one attached hydrogen (secondary N) is 1. The summed E-state index contributed by atoms with van der Waals surface area (Å²) in [5, 5.41) is 3.98. The Labute approximate surface area is 136 Å². The molecule has 1 aromatic carbocycles. The summed E-state index contributed by atoms with van der Waals surface area (Å²) in [7, 11) is -3.62. The maximum atomic E-state index is 12.2. The van der Waals surface area contributed by atoms with Crippen LogP contribution < -0.4 is 4.83 Å². The van der Waals surface area contributed by atoms with Crippen LogP contribution in [0.4, 0.5) is 0 Å². The van der Waals surface area contributed by atoms with Gasteiger partial charge in [-0.15, -0.1) is 0 Å². The first-order valence-electron chi connectivity index (χ1n) is 7.74. The second-order valence-corrected chi connectivity index (χ2v) is 8.02. The molecule has 4 atom stereocenters. The van der Waals surface area contributed by atoms with E-state index < -0.39 is 10.0 Å².